The number of rotatable bonds is 5. The first-order valence-electron chi connectivity index (χ1n) is 6.57. The SMILES string of the molecule is CN=C(NCc1ccc2c(c1)OCO2)NC(C)COC.I. The third-order valence-electron chi connectivity index (χ3n) is 2.92. The Balaban J connectivity index is 0.00000220. The quantitative estimate of drug-likeness (QED) is 0.442. The number of aliphatic imine (C=N–C) groups is 1. The molecular weight excluding hydrogens is 385 g/mol. The summed E-state index contributed by atoms with van der Waals surface area (Å²) < 4.78 is 15.7. The zero-order chi connectivity index (χ0) is 14.4. The van der Waals surface area contributed by atoms with Gasteiger partial charge in [-0.3, -0.25) is 4.99 Å². The number of nitrogens with zero attached hydrogens (tertiary/aromatic N) is 1. The van der Waals surface area contributed by atoms with Crippen LogP contribution in [-0.2, 0) is 11.3 Å². The van der Waals surface area contributed by atoms with E-state index in [0.717, 1.165) is 23.0 Å². The fourth-order valence-corrected chi connectivity index (χ4v) is 1.96. The van der Waals surface area contributed by atoms with Crippen molar-refractivity contribution < 1.29 is 14.2 Å². The maximum Gasteiger partial charge on any atom is 0.231 e. The van der Waals surface area contributed by atoms with Crippen LogP contribution in [-0.4, -0.2) is 39.6 Å². The van der Waals surface area contributed by atoms with Gasteiger partial charge in [-0.2, -0.15) is 0 Å². The Morgan fingerprint density at radius 1 is 1.38 bits per heavy atom. The fraction of sp³-hybridized carbons (Fsp3) is 0.500. The zero-order valence-corrected chi connectivity index (χ0v) is 14.8. The summed E-state index contributed by atoms with van der Waals surface area (Å²) in [6.07, 6.45) is 0. The van der Waals surface area contributed by atoms with E-state index >= 15 is 0 Å². The molecule has 1 unspecified atom stereocenters. The van der Waals surface area contributed by atoms with E-state index in [1.165, 1.54) is 0 Å². The van der Waals surface area contributed by atoms with Crippen LogP contribution in [0.2, 0.25) is 0 Å². The minimum atomic E-state index is 0. The third kappa shape index (κ3) is 5.24. The van der Waals surface area contributed by atoms with Crippen molar-refractivity contribution in [2.75, 3.05) is 27.6 Å². The van der Waals surface area contributed by atoms with Crippen LogP contribution < -0.4 is 20.1 Å². The molecule has 21 heavy (non-hydrogen) atoms. The van der Waals surface area contributed by atoms with Crippen molar-refractivity contribution in [3.05, 3.63) is 23.8 Å². The first-order valence-corrected chi connectivity index (χ1v) is 6.57. The molecule has 0 aliphatic carbocycles. The van der Waals surface area contributed by atoms with Gasteiger partial charge in [0.1, 0.15) is 0 Å². The second kappa shape index (κ2) is 8.93. The number of fused-ring (bicyclic) bond motifs is 1. The number of benzene rings is 1. The van der Waals surface area contributed by atoms with E-state index in [1.807, 2.05) is 25.1 Å². The Kier molecular flexibility index (Phi) is 7.58. The number of nitrogens with one attached hydrogen (secondary N) is 2. The summed E-state index contributed by atoms with van der Waals surface area (Å²) in [5.41, 5.74) is 1.11. The molecular formula is C14H22IN3O3. The summed E-state index contributed by atoms with van der Waals surface area (Å²) in [5, 5.41) is 6.50. The minimum absolute atomic E-state index is 0. The van der Waals surface area contributed by atoms with Crippen molar-refractivity contribution in [1.29, 1.82) is 0 Å². The normalized spacial score (nSPS) is 14.3. The summed E-state index contributed by atoms with van der Waals surface area (Å²) in [4.78, 5) is 4.18. The lowest BCUT2D eigenvalue weighted by atomic mass is 10.2. The van der Waals surface area contributed by atoms with E-state index in [2.05, 4.69) is 15.6 Å². The Labute approximate surface area is 142 Å². The van der Waals surface area contributed by atoms with Gasteiger partial charge in [0.2, 0.25) is 6.79 Å². The minimum Gasteiger partial charge on any atom is -0.454 e. The number of guanidine groups is 1. The molecule has 1 aliphatic heterocycles. The van der Waals surface area contributed by atoms with Crippen molar-refractivity contribution in [2.45, 2.75) is 19.5 Å². The predicted molar refractivity (Wildman–Crippen MR) is 92.7 cm³/mol. The van der Waals surface area contributed by atoms with Gasteiger partial charge in [0.25, 0.3) is 0 Å². The second-order valence-electron chi connectivity index (χ2n) is 4.61. The van der Waals surface area contributed by atoms with Gasteiger partial charge in [0, 0.05) is 26.7 Å². The van der Waals surface area contributed by atoms with Crippen LogP contribution in [0.5, 0.6) is 11.5 Å². The van der Waals surface area contributed by atoms with E-state index in [-0.39, 0.29) is 30.0 Å². The van der Waals surface area contributed by atoms with E-state index in [9.17, 15) is 0 Å². The first kappa shape index (κ1) is 17.8. The van der Waals surface area contributed by atoms with Gasteiger partial charge in [0.15, 0.2) is 17.5 Å². The molecule has 0 spiro atoms. The topological polar surface area (TPSA) is 64.1 Å². The maximum absolute atomic E-state index is 5.36. The van der Waals surface area contributed by atoms with Gasteiger partial charge in [-0.05, 0) is 24.6 Å². The van der Waals surface area contributed by atoms with Gasteiger partial charge in [-0.25, -0.2) is 0 Å². The molecule has 1 atom stereocenters. The summed E-state index contributed by atoms with van der Waals surface area (Å²) in [6.45, 7) is 3.63. The van der Waals surface area contributed by atoms with E-state index in [4.69, 9.17) is 14.2 Å². The highest BCUT2D eigenvalue weighted by atomic mass is 127. The molecule has 0 saturated carbocycles. The highest BCUT2D eigenvalue weighted by Crippen LogP contribution is 2.32. The van der Waals surface area contributed by atoms with Crippen molar-refractivity contribution in [1.82, 2.24) is 10.6 Å². The lowest BCUT2D eigenvalue weighted by Gasteiger charge is -2.17. The lowest BCUT2D eigenvalue weighted by molar-refractivity contribution is 0.174. The van der Waals surface area contributed by atoms with Crippen LogP contribution >= 0.6 is 24.0 Å². The van der Waals surface area contributed by atoms with Crippen LogP contribution in [0.15, 0.2) is 23.2 Å². The molecule has 1 aromatic carbocycles. The summed E-state index contributed by atoms with van der Waals surface area (Å²) in [6, 6.07) is 6.10. The van der Waals surface area contributed by atoms with Crippen molar-refractivity contribution >= 4 is 29.9 Å². The number of halogens is 1. The largest absolute Gasteiger partial charge is 0.454 e. The highest BCUT2D eigenvalue weighted by Gasteiger charge is 2.13. The van der Waals surface area contributed by atoms with E-state index in [0.29, 0.717) is 19.9 Å². The second-order valence-corrected chi connectivity index (χ2v) is 4.61. The fourth-order valence-electron chi connectivity index (χ4n) is 1.96. The molecule has 0 amide bonds. The maximum atomic E-state index is 5.36. The monoisotopic (exact) mass is 407 g/mol. The Bertz CT molecular complexity index is 483. The summed E-state index contributed by atoms with van der Waals surface area (Å²) in [7, 11) is 3.43. The van der Waals surface area contributed by atoms with Gasteiger partial charge < -0.3 is 24.8 Å². The molecule has 118 valence electrons. The van der Waals surface area contributed by atoms with Gasteiger partial charge in [0.05, 0.1) is 6.61 Å². The molecule has 2 rings (SSSR count). The van der Waals surface area contributed by atoms with E-state index < -0.39 is 0 Å². The van der Waals surface area contributed by atoms with Gasteiger partial charge in [-0.15, -0.1) is 24.0 Å². The van der Waals surface area contributed by atoms with Crippen LogP contribution in [0.3, 0.4) is 0 Å². The molecule has 7 heteroatoms. The summed E-state index contributed by atoms with van der Waals surface area (Å²) >= 11 is 0. The third-order valence-corrected chi connectivity index (χ3v) is 2.92. The van der Waals surface area contributed by atoms with Crippen molar-refractivity contribution in [3.63, 3.8) is 0 Å². The van der Waals surface area contributed by atoms with Gasteiger partial charge >= 0.3 is 0 Å². The lowest BCUT2D eigenvalue weighted by Crippen LogP contribution is -2.43. The number of hydrogen-bond acceptors (Lipinski definition) is 4. The van der Waals surface area contributed by atoms with Gasteiger partial charge in [-0.1, -0.05) is 6.07 Å². The zero-order valence-electron chi connectivity index (χ0n) is 12.5. The molecule has 0 fully saturated rings. The van der Waals surface area contributed by atoms with Crippen LogP contribution in [0.4, 0.5) is 0 Å². The van der Waals surface area contributed by atoms with E-state index in [1.54, 1.807) is 14.2 Å². The Hall–Kier alpha value is -1.22. The smallest absolute Gasteiger partial charge is 0.231 e. The van der Waals surface area contributed by atoms with Crippen LogP contribution in [0.1, 0.15) is 12.5 Å². The molecule has 0 saturated heterocycles. The Morgan fingerprint density at radius 3 is 2.86 bits per heavy atom. The van der Waals surface area contributed by atoms with Crippen LogP contribution in [0.25, 0.3) is 0 Å². The molecule has 0 aromatic heterocycles. The molecule has 6 nitrogen and oxygen atoms in total. The van der Waals surface area contributed by atoms with Crippen molar-refractivity contribution in [2.24, 2.45) is 4.99 Å². The molecule has 0 radical (unpaired) electrons. The molecule has 1 aliphatic rings. The highest BCUT2D eigenvalue weighted by molar-refractivity contribution is 14.0. The summed E-state index contributed by atoms with van der Waals surface area (Å²) in [5.74, 6) is 2.33. The molecule has 0 bridgehead atoms. The predicted octanol–water partition coefficient (Wildman–Crippen LogP) is 1.73. The number of hydrogen-bond donors (Lipinski definition) is 2. The molecule has 2 N–H and O–H groups in total. The van der Waals surface area contributed by atoms with Crippen LogP contribution in [0, 0.1) is 0 Å². The Morgan fingerprint density at radius 2 is 2.14 bits per heavy atom. The number of methoxy groups -OCH3 is 1. The standard InChI is InChI=1S/C14H21N3O3.HI/c1-10(8-18-3)17-14(15-2)16-7-11-4-5-12-13(6-11)20-9-19-12;/h4-6,10H,7-9H2,1-3H3,(H2,15,16,17);1H. The number of ether oxygens (including phenoxy) is 3. The molecule has 1 heterocycles. The first-order chi connectivity index (χ1) is 9.72. The average molecular weight is 407 g/mol. The average Bonchev–Trinajstić information content (AvgIpc) is 2.91. The molecule has 1 aromatic rings. The van der Waals surface area contributed by atoms with Crippen molar-refractivity contribution in [3.8, 4) is 11.5 Å².